The van der Waals surface area contributed by atoms with Crippen molar-refractivity contribution in [2.75, 3.05) is 20.3 Å². The van der Waals surface area contributed by atoms with E-state index in [0.29, 0.717) is 16.3 Å². The summed E-state index contributed by atoms with van der Waals surface area (Å²) in [6, 6.07) is 13.4. The van der Waals surface area contributed by atoms with Crippen molar-refractivity contribution in [3.8, 4) is 5.75 Å². The number of esters is 3. The summed E-state index contributed by atoms with van der Waals surface area (Å²) in [4.78, 5) is 67.7. The van der Waals surface area contributed by atoms with Crippen molar-refractivity contribution in [1.29, 1.82) is 0 Å². The molecule has 0 aromatic heterocycles. The van der Waals surface area contributed by atoms with Gasteiger partial charge in [0.15, 0.2) is 11.9 Å². The third kappa shape index (κ3) is 12.7. The van der Waals surface area contributed by atoms with Crippen molar-refractivity contribution >= 4 is 41.3 Å². The summed E-state index contributed by atoms with van der Waals surface area (Å²) in [6.07, 6.45) is 0.602. The lowest BCUT2D eigenvalue weighted by Crippen LogP contribution is -2.49. The quantitative estimate of drug-likeness (QED) is 0.156. The summed E-state index contributed by atoms with van der Waals surface area (Å²) in [5.74, 6) is -6.10. The predicted molar refractivity (Wildman–Crippen MR) is 207 cm³/mol. The van der Waals surface area contributed by atoms with Gasteiger partial charge in [0.1, 0.15) is 30.6 Å². The molecule has 2 aromatic rings. The summed E-state index contributed by atoms with van der Waals surface area (Å²) < 4.78 is 35.1. The molecule has 1 fully saturated rings. The molecule has 2 aliphatic heterocycles. The smallest absolute Gasteiger partial charge is 0.347 e. The Morgan fingerprint density at radius 1 is 1.04 bits per heavy atom. The van der Waals surface area contributed by atoms with Gasteiger partial charge < -0.3 is 39.1 Å². The third-order valence-electron chi connectivity index (χ3n) is 9.39. The molecule has 0 saturated carbocycles. The molecule has 2 N–H and O–H groups in total. The minimum atomic E-state index is -1.35. The summed E-state index contributed by atoms with van der Waals surface area (Å²) >= 11 is 6.36. The van der Waals surface area contributed by atoms with E-state index < -0.39 is 84.2 Å². The van der Waals surface area contributed by atoms with Crippen LogP contribution in [-0.4, -0.2) is 80.1 Å². The number of carbonyl (C=O) groups excluding carboxylic acids is 5. The molecule has 7 atom stereocenters. The summed E-state index contributed by atoms with van der Waals surface area (Å²) in [6.45, 7) is 12.3. The van der Waals surface area contributed by atoms with Crippen molar-refractivity contribution < 1.29 is 52.4 Å². The van der Waals surface area contributed by atoms with Gasteiger partial charge in [0.05, 0.1) is 30.6 Å². The fourth-order valence-corrected chi connectivity index (χ4v) is 6.83. The largest absolute Gasteiger partial charge is 0.495 e. The van der Waals surface area contributed by atoms with Gasteiger partial charge in [-0.2, -0.15) is 0 Å². The molecule has 2 aromatic carbocycles. The van der Waals surface area contributed by atoms with E-state index in [0.717, 1.165) is 5.56 Å². The number of rotatable bonds is 12. The number of halogens is 1. The third-order valence-corrected chi connectivity index (χ3v) is 9.69. The second kappa shape index (κ2) is 20.4. The van der Waals surface area contributed by atoms with Crippen molar-refractivity contribution in [1.82, 2.24) is 10.6 Å². The molecule has 2 heterocycles. The molecule has 13 nitrogen and oxygen atoms in total. The molecule has 14 heteroatoms. The van der Waals surface area contributed by atoms with E-state index in [1.807, 2.05) is 51.1 Å². The highest BCUT2D eigenvalue weighted by Crippen LogP contribution is 2.43. The van der Waals surface area contributed by atoms with E-state index in [1.54, 1.807) is 38.1 Å². The second-order valence-corrected chi connectivity index (χ2v) is 15.2. The molecule has 0 unspecified atom stereocenters. The molecule has 0 aliphatic carbocycles. The van der Waals surface area contributed by atoms with Crippen molar-refractivity contribution in [2.45, 2.75) is 96.5 Å². The Balaban J connectivity index is 1.71. The molecule has 0 spiro atoms. The van der Waals surface area contributed by atoms with Gasteiger partial charge in [-0.25, -0.2) is 4.79 Å². The van der Waals surface area contributed by atoms with E-state index in [9.17, 15) is 24.0 Å². The number of ether oxygens (including phenoxy) is 6. The van der Waals surface area contributed by atoms with Gasteiger partial charge in [0, 0.05) is 25.3 Å². The Kier molecular flexibility index (Phi) is 16.1. The van der Waals surface area contributed by atoms with Gasteiger partial charge in [-0.15, -0.1) is 0 Å². The zero-order valence-electron chi connectivity index (χ0n) is 32.8. The van der Waals surface area contributed by atoms with Gasteiger partial charge >= 0.3 is 17.9 Å². The van der Waals surface area contributed by atoms with E-state index in [2.05, 4.69) is 17.2 Å². The van der Waals surface area contributed by atoms with Crippen LogP contribution in [0.1, 0.15) is 71.1 Å². The maximum atomic E-state index is 14.0. The van der Waals surface area contributed by atoms with Crippen molar-refractivity contribution in [3.05, 3.63) is 89.5 Å². The van der Waals surface area contributed by atoms with Crippen LogP contribution in [-0.2, 0) is 54.1 Å². The zero-order valence-corrected chi connectivity index (χ0v) is 33.5. The average molecular weight is 797 g/mol. The molecule has 4 rings (SSSR count). The predicted octanol–water partition coefficient (Wildman–Crippen LogP) is 5.59. The number of hydrogen-bond acceptors (Lipinski definition) is 11. The van der Waals surface area contributed by atoms with Crippen LogP contribution in [0, 0.1) is 17.8 Å². The summed E-state index contributed by atoms with van der Waals surface area (Å²) in [7, 11) is 1.48. The van der Waals surface area contributed by atoms with E-state index in [-0.39, 0.29) is 38.3 Å². The van der Waals surface area contributed by atoms with Gasteiger partial charge in [-0.3, -0.25) is 19.2 Å². The number of carbonyl (C=O) groups is 5. The second-order valence-electron chi connectivity index (χ2n) is 14.8. The fraction of sp³-hybridized carbons (Fsp3) is 0.500. The minimum Gasteiger partial charge on any atom is -0.495 e. The van der Waals surface area contributed by atoms with Gasteiger partial charge in [0.25, 0.3) is 0 Å². The van der Waals surface area contributed by atoms with Crippen molar-refractivity contribution in [3.63, 3.8) is 0 Å². The molecule has 0 bridgehead atoms. The lowest BCUT2D eigenvalue weighted by molar-refractivity contribution is -0.180. The number of benzene rings is 2. The summed E-state index contributed by atoms with van der Waals surface area (Å²) in [5, 5.41) is 5.72. The Labute approximate surface area is 333 Å². The monoisotopic (exact) mass is 796 g/mol. The SMILES string of the molecule is C=CCOC(=O)C[C@H]1CNC(=O)[C@@H](Cc2ccc(OC)c(Cl)c2)NC(=O)/C=C/C[C@@H]([C@H](C)[C@H]2OC(C)(C)O[C@@H]2c2ccccc2)OC(=O)[C@H](CC(C)C)OC1=O. The highest BCUT2D eigenvalue weighted by atomic mass is 35.5. The number of methoxy groups -OCH3 is 1. The first-order valence-corrected chi connectivity index (χ1v) is 19.1. The molecular weight excluding hydrogens is 744 g/mol. The van der Waals surface area contributed by atoms with Gasteiger partial charge in [-0.1, -0.05) is 87.5 Å². The number of nitrogens with one attached hydrogen (secondary N) is 2. The first-order chi connectivity index (χ1) is 26.6. The van der Waals surface area contributed by atoms with Crippen LogP contribution >= 0.6 is 11.6 Å². The fourth-order valence-electron chi connectivity index (χ4n) is 6.55. The molecule has 0 radical (unpaired) electrons. The lowest BCUT2D eigenvalue weighted by atomic mass is 9.89. The summed E-state index contributed by atoms with van der Waals surface area (Å²) in [5.41, 5.74) is 1.49. The highest BCUT2D eigenvalue weighted by Gasteiger charge is 2.47. The van der Waals surface area contributed by atoms with Crippen LogP contribution < -0.4 is 15.4 Å². The highest BCUT2D eigenvalue weighted by molar-refractivity contribution is 6.32. The molecule has 2 amide bonds. The first kappa shape index (κ1) is 44.0. The van der Waals surface area contributed by atoms with Crippen molar-refractivity contribution in [2.24, 2.45) is 17.8 Å². The maximum Gasteiger partial charge on any atom is 0.347 e. The van der Waals surface area contributed by atoms with Crippen LogP contribution in [0.15, 0.2) is 73.3 Å². The van der Waals surface area contributed by atoms with E-state index >= 15 is 0 Å². The maximum absolute atomic E-state index is 14.0. The van der Waals surface area contributed by atoms with Crippen LogP contribution in [0.2, 0.25) is 5.02 Å². The number of cyclic esters (lactones) is 2. The van der Waals surface area contributed by atoms with E-state index in [1.165, 1.54) is 19.3 Å². The topological polar surface area (TPSA) is 165 Å². The lowest BCUT2D eigenvalue weighted by Gasteiger charge is -2.31. The molecule has 1 saturated heterocycles. The van der Waals surface area contributed by atoms with Crippen LogP contribution in [0.5, 0.6) is 5.75 Å². The molecule has 304 valence electrons. The minimum absolute atomic E-state index is 0.0228. The number of hydrogen-bond donors (Lipinski definition) is 2. The van der Waals surface area contributed by atoms with E-state index in [4.69, 9.17) is 40.0 Å². The van der Waals surface area contributed by atoms with Crippen LogP contribution in [0.25, 0.3) is 0 Å². The number of amides is 2. The Bertz CT molecular complexity index is 1730. The van der Waals surface area contributed by atoms with Crippen LogP contribution in [0.3, 0.4) is 0 Å². The average Bonchev–Trinajstić information content (AvgIpc) is 3.49. The first-order valence-electron chi connectivity index (χ1n) is 18.8. The molecule has 56 heavy (non-hydrogen) atoms. The van der Waals surface area contributed by atoms with Gasteiger partial charge in [-0.05, 0) is 55.5 Å². The Morgan fingerprint density at radius 3 is 2.43 bits per heavy atom. The van der Waals surface area contributed by atoms with Gasteiger partial charge in [0.2, 0.25) is 11.8 Å². The Hall–Kier alpha value is -4.72. The standard InChI is InChI=1S/C42H53ClN2O11/c1-8-19-52-36(47)23-29-24-44-39(48)31(22-27-17-18-33(51-7)30(43)21-27)45-35(46)16-12-15-32(53-41(50)34(20-25(2)3)54-40(29)49)26(4)37-38(56-42(5,6)55-37)28-13-10-9-11-14-28/h8-14,16-18,21,25-26,29,31-32,34,37-38H,1,15,19-20,22-24H2,2-7H3,(H,44,48)(H,45,46)/b16-12+/t26-,29-,31+,32-,34-,37+,38+/m0/s1. The molecular formula is C42H53ClN2O11. The Morgan fingerprint density at radius 2 is 1.77 bits per heavy atom. The normalized spacial score (nSPS) is 25.9. The van der Waals surface area contributed by atoms with Crippen LogP contribution in [0.4, 0.5) is 0 Å². The molecule has 2 aliphatic rings. The zero-order chi connectivity index (χ0) is 41.0.